The first-order valence-electron chi connectivity index (χ1n) is 12.3. The predicted octanol–water partition coefficient (Wildman–Crippen LogP) is 2.90. The van der Waals surface area contributed by atoms with Crippen LogP contribution in [0, 0.1) is 5.82 Å². The van der Waals surface area contributed by atoms with Gasteiger partial charge in [-0.1, -0.05) is 30.3 Å². The van der Waals surface area contributed by atoms with Crippen molar-refractivity contribution in [2.45, 2.75) is 6.42 Å². The molecular formula is C27H30FN5O4S. The molecule has 2 aromatic carbocycles. The maximum absolute atomic E-state index is 14.1. The maximum Gasteiger partial charge on any atom is 0.254 e. The number of halogens is 1. The minimum Gasteiger partial charge on any atom is -0.383 e. The highest BCUT2D eigenvalue weighted by Crippen LogP contribution is 2.21. The lowest BCUT2D eigenvalue weighted by atomic mass is 10.2. The van der Waals surface area contributed by atoms with Gasteiger partial charge in [0.2, 0.25) is 11.8 Å². The second-order valence-electron chi connectivity index (χ2n) is 8.77. The van der Waals surface area contributed by atoms with Gasteiger partial charge < -0.3 is 24.8 Å². The van der Waals surface area contributed by atoms with Gasteiger partial charge in [-0.15, -0.1) is 11.3 Å². The summed E-state index contributed by atoms with van der Waals surface area (Å²) in [5.74, 6) is -0.990. The van der Waals surface area contributed by atoms with Crippen LogP contribution < -0.4 is 10.2 Å². The molecule has 1 fully saturated rings. The number of hydrogen-bond acceptors (Lipinski definition) is 7. The lowest BCUT2D eigenvalue weighted by molar-refractivity contribution is -0.130. The SMILES string of the molecule is COCCN(CC(=O)Nc1nc(CC(=O)N2CCN(c3ccccc3F)CC2)cs1)C(=O)c1ccccc1. The van der Waals surface area contributed by atoms with Crippen molar-refractivity contribution in [1.82, 2.24) is 14.8 Å². The number of carbonyl (C=O) groups excluding carboxylic acids is 3. The molecule has 0 aliphatic carbocycles. The number of amides is 3. The number of nitrogens with zero attached hydrogens (tertiary/aromatic N) is 4. The number of thiazole rings is 1. The van der Waals surface area contributed by atoms with Gasteiger partial charge in [0, 0.05) is 50.8 Å². The van der Waals surface area contributed by atoms with Crippen LogP contribution >= 0.6 is 11.3 Å². The van der Waals surface area contributed by atoms with Crippen LogP contribution in [0.1, 0.15) is 16.1 Å². The molecule has 2 heterocycles. The Morgan fingerprint density at radius 2 is 1.76 bits per heavy atom. The Balaban J connectivity index is 1.28. The van der Waals surface area contributed by atoms with Gasteiger partial charge >= 0.3 is 0 Å². The highest BCUT2D eigenvalue weighted by atomic mass is 32.1. The molecule has 200 valence electrons. The zero-order chi connectivity index (χ0) is 26.9. The van der Waals surface area contributed by atoms with Crippen molar-refractivity contribution >= 4 is 39.9 Å². The summed E-state index contributed by atoms with van der Waals surface area (Å²) in [6.45, 7) is 2.49. The van der Waals surface area contributed by atoms with Gasteiger partial charge in [0.15, 0.2) is 5.13 Å². The Bertz CT molecular complexity index is 1250. The first kappa shape index (κ1) is 27.2. The molecule has 9 nitrogen and oxygen atoms in total. The summed E-state index contributed by atoms with van der Waals surface area (Å²) in [6.07, 6.45) is 0.110. The quantitative estimate of drug-likeness (QED) is 0.426. The zero-order valence-electron chi connectivity index (χ0n) is 21.1. The van der Waals surface area contributed by atoms with Crippen molar-refractivity contribution in [2.24, 2.45) is 0 Å². The van der Waals surface area contributed by atoms with E-state index in [1.54, 1.807) is 52.7 Å². The first-order valence-corrected chi connectivity index (χ1v) is 13.2. The van der Waals surface area contributed by atoms with Gasteiger partial charge in [-0.05, 0) is 24.3 Å². The summed E-state index contributed by atoms with van der Waals surface area (Å²) >= 11 is 1.22. The summed E-state index contributed by atoms with van der Waals surface area (Å²) in [5.41, 5.74) is 1.59. The molecule has 0 saturated carbocycles. The second kappa shape index (κ2) is 13.1. The molecule has 3 amide bonds. The third-order valence-corrected chi connectivity index (χ3v) is 6.97. The monoisotopic (exact) mass is 539 g/mol. The smallest absolute Gasteiger partial charge is 0.254 e. The van der Waals surface area contributed by atoms with Gasteiger partial charge in [-0.2, -0.15) is 0 Å². The Labute approximate surface area is 224 Å². The number of nitrogens with one attached hydrogen (secondary N) is 1. The van der Waals surface area contributed by atoms with E-state index in [0.29, 0.717) is 54.9 Å². The van der Waals surface area contributed by atoms with Crippen LogP contribution in [-0.2, 0) is 20.7 Å². The summed E-state index contributed by atoms with van der Waals surface area (Å²) in [7, 11) is 1.53. The van der Waals surface area contributed by atoms with Gasteiger partial charge in [-0.3, -0.25) is 14.4 Å². The molecule has 38 heavy (non-hydrogen) atoms. The average molecular weight is 540 g/mol. The first-order chi connectivity index (χ1) is 18.4. The van der Waals surface area contributed by atoms with E-state index in [1.165, 1.54) is 29.4 Å². The second-order valence-corrected chi connectivity index (χ2v) is 9.63. The van der Waals surface area contributed by atoms with Crippen LogP contribution in [0.2, 0.25) is 0 Å². The lowest BCUT2D eigenvalue weighted by Gasteiger charge is -2.36. The van der Waals surface area contributed by atoms with E-state index in [2.05, 4.69) is 10.3 Å². The minimum absolute atomic E-state index is 0.0689. The minimum atomic E-state index is -0.387. The number of anilines is 2. The molecule has 11 heteroatoms. The summed E-state index contributed by atoms with van der Waals surface area (Å²) < 4.78 is 19.2. The van der Waals surface area contributed by atoms with Crippen LogP contribution in [0.4, 0.5) is 15.2 Å². The molecule has 0 spiro atoms. The molecule has 1 saturated heterocycles. The van der Waals surface area contributed by atoms with E-state index in [4.69, 9.17) is 4.74 Å². The number of hydrogen-bond donors (Lipinski definition) is 1. The van der Waals surface area contributed by atoms with E-state index in [-0.39, 0.29) is 43.0 Å². The van der Waals surface area contributed by atoms with Crippen molar-refractivity contribution in [3.8, 4) is 0 Å². The van der Waals surface area contributed by atoms with E-state index in [1.807, 2.05) is 11.0 Å². The number of ether oxygens (including phenoxy) is 1. The molecule has 1 aliphatic heterocycles. The number of aromatic nitrogens is 1. The lowest BCUT2D eigenvalue weighted by Crippen LogP contribution is -2.49. The Morgan fingerprint density at radius 1 is 1.05 bits per heavy atom. The largest absolute Gasteiger partial charge is 0.383 e. The van der Waals surface area contributed by atoms with Crippen molar-refractivity contribution in [3.05, 3.63) is 77.1 Å². The topological polar surface area (TPSA) is 95.1 Å². The number of piperazine rings is 1. The molecule has 1 aromatic heterocycles. The van der Waals surface area contributed by atoms with Crippen LogP contribution in [-0.4, -0.2) is 85.5 Å². The number of rotatable bonds is 10. The summed E-state index contributed by atoms with van der Waals surface area (Å²) in [5, 5.41) is 4.82. The van der Waals surface area contributed by atoms with E-state index < -0.39 is 0 Å². The molecule has 1 aliphatic rings. The number of carbonyl (C=O) groups is 3. The normalized spacial score (nSPS) is 13.3. The van der Waals surface area contributed by atoms with Crippen molar-refractivity contribution in [2.75, 3.05) is 63.2 Å². The van der Waals surface area contributed by atoms with Crippen molar-refractivity contribution in [1.29, 1.82) is 0 Å². The molecule has 4 rings (SSSR count). The fourth-order valence-electron chi connectivity index (χ4n) is 4.17. The Kier molecular flexibility index (Phi) is 9.39. The fourth-order valence-corrected chi connectivity index (χ4v) is 4.89. The highest BCUT2D eigenvalue weighted by Gasteiger charge is 2.24. The van der Waals surface area contributed by atoms with Crippen LogP contribution in [0.15, 0.2) is 60.0 Å². The van der Waals surface area contributed by atoms with E-state index in [9.17, 15) is 18.8 Å². The summed E-state index contributed by atoms with van der Waals surface area (Å²) in [6, 6.07) is 15.4. The van der Waals surface area contributed by atoms with Crippen molar-refractivity contribution < 1.29 is 23.5 Å². The van der Waals surface area contributed by atoms with Crippen LogP contribution in [0.5, 0.6) is 0 Å². The molecule has 0 bridgehead atoms. The number of para-hydroxylation sites is 1. The maximum atomic E-state index is 14.1. The van der Waals surface area contributed by atoms with Crippen LogP contribution in [0.3, 0.4) is 0 Å². The molecule has 0 unspecified atom stereocenters. The average Bonchev–Trinajstić information content (AvgIpc) is 3.37. The Morgan fingerprint density at radius 3 is 2.47 bits per heavy atom. The fraction of sp³-hybridized carbons (Fsp3) is 0.333. The van der Waals surface area contributed by atoms with Crippen molar-refractivity contribution in [3.63, 3.8) is 0 Å². The number of benzene rings is 2. The molecule has 1 N–H and O–H groups in total. The standard InChI is InChI=1S/C27H30FN5O4S/c1-37-16-15-33(26(36)20-7-3-2-4-8-20)18-24(34)30-27-29-21(19-38-27)17-25(35)32-13-11-31(12-14-32)23-10-6-5-9-22(23)28/h2-10,19H,11-18H2,1H3,(H,29,30,34). The third kappa shape index (κ3) is 7.14. The van der Waals surface area contributed by atoms with Crippen LogP contribution in [0.25, 0.3) is 0 Å². The van der Waals surface area contributed by atoms with E-state index >= 15 is 0 Å². The number of methoxy groups -OCH3 is 1. The van der Waals surface area contributed by atoms with Gasteiger partial charge in [0.1, 0.15) is 12.4 Å². The Hall–Kier alpha value is -3.83. The van der Waals surface area contributed by atoms with Gasteiger partial charge in [0.25, 0.3) is 5.91 Å². The summed E-state index contributed by atoms with van der Waals surface area (Å²) in [4.78, 5) is 47.8. The molecule has 0 atom stereocenters. The van der Waals surface area contributed by atoms with Gasteiger partial charge in [0.05, 0.1) is 24.4 Å². The van der Waals surface area contributed by atoms with E-state index in [0.717, 1.165) is 0 Å². The molecular weight excluding hydrogens is 509 g/mol. The molecule has 3 aromatic rings. The predicted molar refractivity (Wildman–Crippen MR) is 144 cm³/mol. The molecule has 0 radical (unpaired) electrons. The highest BCUT2D eigenvalue weighted by molar-refractivity contribution is 7.13. The third-order valence-electron chi connectivity index (χ3n) is 6.16. The zero-order valence-corrected chi connectivity index (χ0v) is 22.0. The van der Waals surface area contributed by atoms with Gasteiger partial charge in [-0.25, -0.2) is 9.37 Å².